The molecule has 1 fully saturated rings. The van der Waals surface area contributed by atoms with E-state index < -0.39 is 48.5 Å². The topological polar surface area (TPSA) is 200 Å². The molecule has 6 aromatic rings. The van der Waals surface area contributed by atoms with E-state index in [9.17, 15) is 40.2 Å². The first-order valence-electron chi connectivity index (χ1n) is 14.8. The molecule has 12 nitrogen and oxygen atoms in total. The highest BCUT2D eigenvalue weighted by molar-refractivity contribution is 5.88. The van der Waals surface area contributed by atoms with Gasteiger partial charge in [0, 0.05) is 12.1 Å². The van der Waals surface area contributed by atoms with Crippen LogP contribution in [0, 0.1) is 0 Å². The van der Waals surface area contributed by atoms with Crippen molar-refractivity contribution in [1.29, 1.82) is 0 Å². The van der Waals surface area contributed by atoms with Crippen molar-refractivity contribution in [2.24, 2.45) is 0 Å². The van der Waals surface area contributed by atoms with Crippen molar-refractivity contribution in [2.75, 3.05) is 6.61 Å². The maximum absolute atomic E-state index is 12.9. The van der Waals surface area contributed by atoms with Crippen molar-refractivity contribution in [3.63, 3.8) is 0 Å². The molecule has 6 N–H and O–H groups in total. The van der Waals surface area contributed by atoms with Crippen LogP contribution in [0.4, 0.5) is 0 Å². The van der Waals surface area contributed by atoms with Crippen molar-refractivity contribution in [3.05, 3.63) is 124 Å². The van der Waals surface area contributed by atoms with Gasteiger partial charge in [-0.15, -0.1) is 0 Å². The molecular formula is C36H30O12. The SMILES string of the molecule is O=c1c(-c2ccc(O)cc2)coc2cc(O[C@@H]3O[C@H](CO)[C@@H](O)[C@H](O)[C@H]3O)cc(O)c12.O=c1c(-c2ccccc2)coc2ccccc12. The van der Waals surface area contributed by atoms with Crippen LogP contribution < -0.4 is 15.6 Å². The summed E-state index contributed by atoms with van der Waals surface area (Å²) >= 11 is 0. The number of hydrogen-bond acceptors (Lipinski definition) is 12. The van der Waals surface area contributed by atoms with E-state index in [2.05, 4.69) is 0 Å². The van der Waals surface area contributed by atoms with Gasteiger partial charge in [-0.3, -0.25) is 9.59 Å². The molecule has 1 saturated heterocycles. The molecule has 2 aromatic heterocycles. The zero-order valence-electron chi connectivity index (χ0n) is 25.0. The Morgan fingerprint density at radius 1 is 0.667 bits per heavy atom. The summed E-state index contributed by atoms with van der Waals surface area (Å²) < 4.78 is 21.7. The van der Waals surface area contributed by atoms with Crippen molar-refractivity contribution in [2.45, 2.75) is 30.7 Å². The van der Waals surface area contributed by atoms with Crippen LogP contribution >= 0.6 is 0 Å². The largest absolute Gasteiger partial charge is 0.508 e. The van der Waals surface area contributed by atoms with Gasteiger partial charge in [-0.05, 0) is 35.4 Å². The number of benzene rings is 4. The van der Waals surface area contributed by atoms with Crippen LogP contribution in [-0.2, 0) is 4.74 Å². The highest BCUT2D eigenvalue weighted by atomic mass is 16.7. The van der Waals surface area contributed by atoms with Crippen molar-refractivity contribution in [1.82, 2.24) is 0 Å². The fourth-order valence-corrected chi connectivity index (χ4v) is 5.31. The third kappa shape index (κ3) is 6.38. The summed E-state index contributed by atoms with van der Waals surface area (Å²) in [6.07, 6.45) is -4.70. The van der Waals surface area contributed by atoms with E-state index >= 15 is 0 Å². The van der Waals surface area contributed by atoms with Crippen molar-refractivity contribution >= 4 is 21.9 Å². The molecule has 1 aliphatic heterocycles. The predicted molar refractivity (Wildman–Crippen MR) is 174 cm³/mol. The van der Waals surface area contributed by atoms with E-state index in [1.807, 2.05) is 42.5 Å². The van der Waals surface area contributed by atoms with E-state index in [1.165, 1.54) is 42.9 Å². The van der Waals surface area contributed by atoms with Crippen molar-refractivity contribution < 1.29 is 48.9 Å². The molecule has 0 spiro atoms. The summed E-state index contributed by atoms with van der Waals surface area (Å²) in [5, 5.41) is 59.4. The van der Waals surface area contributed by atoms with E-state index in [0.717, 1.165) is 11.6 Å². The summed E-state index contributed by atoms with van der Waals surface area (Å²) in [6.45, 7) is -0.622. The third-order valence-electron chi connectivity index (χ3n) is 7.87. The van der Waals surface area contributed by atoms with Gasteiger partial charge in [-0.2, -0.15) is 0 Å². The standard InChI is InChI=1S/C21H20O10.C15H10O2/c22-7-15-18(26)19(27)20(28)21(31-15)30-11-5-13(24)16-14(6-11)29-8-12(17(16)25)9-1-3-10(23)4-2-9;16-15-12-8-4-5-9-14(12)17-10-13(15)11-6-2-1-3-7-11/h1-6,8,15,18-24,26-28H,7H2;1-10H/t15-,18-,19+,20-,21-;/m1./s1. The summed E-state index contributed by atoms with van der Waals surface area (Å²) in [7, 11) is 0. The molecule has 0 aliphatic carbocycles. The Hall–Kier alpha value is -5.50. The van der Waals surface area contributed by atoms with E-state index in [-0.39, 0.29) is 33.5 Å². The molecule has 0 saturated carbocycles. The zero-order valence-corrected chi connectivity index (χ0v) is 25.0. The first kappa shape index (κ1) is 32.4. The maximum atomic E-state index is 12.9. The average Bonchev–Trinajstić information content (AvgIpc) is 3.10. The lowest BCUT2D eigenvalue weighted by Crippen LogP contribution is -2.60. The van der Waals surface area contributed by atoms with E-state index in [4.69, 9.17) is 18.3 Å². The summed E-state index contributed by atoms with van der Waals surface area (Å²) in [6, 6.07) is 25.1. The number of phenolic OH excluding ortho intramolecular Hbond substituents is 2. The minimum Gasteiger partial charge on any atom is -0.508 e. The van der Waals surface area contributed by atoms with Crippen LogP contribution in [0.5, 0.6) is 17.2 Å². The number of aliphatic hydroxyl groups excluding tert-OH is 4. The quantitative estimate of drug-likeness (QED) is 0.158. The molecular weight excluding hydrogens is 624 g/mol. The van der Waals surface area contributed by atoms with Crippen LogP contribution in [-0.4, -0.2) is 68.0 Å². The number of hydrogen-bond donors (Lipinski definition) is 6. The monoisotopic (exact) mass is 654 g/mol. The summed E-state index contributed by atoms with van der Waals surface area (Å²) in [5.41, 5.74) is 2.25. The first-order chi connectivity index (χ1) is 23.2. The molecule has 4 aromatic carbocycles. The van der Waals surface area contributed by atoms with Gasteiger partial charge in [-0.25, -0.2) is 0 Å². The number of aliphatic hydroxyl groups is 4. The lowest BCUT2D eigenvalue weighted by atomic mass is 9.99. The second-order valence-corrected chi connectivity index (χ2v) is 11.0. The Balaban J connectivity index is 0.000000198. The molecule has 3 heterocycles. The Morgan fingerprint density at radius 2 is 1.29 bits per heavy atom. The second kappa shape index (κ2) is 13.7. The zero-order chi connectivity index (χ0) is 33.9. The number of aromatic hydroxyl groups is 2. The summed E-state index contributed by atoms with van der Waals surface area (Å²) in [4.78, 5) is 25.1. The molecule has 0 amide bonds. The molecule has 12 heteroatoms. The predicted octanol–water partition coefficient (Wildman–Crippen LogP) is 3.51. The van der Waals surface area contributed by atoms with Crippen LogP contribution in [0.2, 0.25) is 0 Å². The Kier molecular flexibility index (Phi) is 9.26. The van der Waals surface area contributed by atoms with Gasteiger partial charge < -0.3 is 48.9 Å². The molecule has 0 radical (unpaired) electrons. The highest BCUT2D eigenvalue weighted by Gasteiger charge is 2.44. The average molecular weight is 655 g/mol. The molecule has 7 rings (SSSR count). The summed E-state index contributed by atoms with van der Waals surface area (Å²) in [5.74, 6) is -0.465. The van der Waals surface area contributed by atoms with Crippen molar-refractivity contribution in [3.8, 4) is 39.5 Å². The normalized spacial score (nSPS) is 20.6. The Morgan fingerprint density at radius 3 is 2.00 bits per heavy atom. The number of rotatable bonds is 5. The van der Waals surface area contributed by atoms with Gasteiger partial charge in [-0.1, -0.05) is 54.6 Å². The fraction of sp³-hybridized carbons (Fsp3) is 0.167. The van der Waals surface area contributed by atoms with Gasteiger partial charge in [0.2, 0.25) is 11.7 Å². The van der Waals surface area contributed by atoms with Gasteiger partial charge >= 0.3 is 0 Å². The smallest absolute Gasteiger partial charge is 0.229 e. The molecule has 1 aliphatic rings. The molecule has 48 heavy (non-hydrogen) atoms. The number of fused-ring (bicyclic) bond motifs is 2. The second-order valence-electron chi connectivity index (χ2n) is 11.0. The highest BCUT2D eigenvalue weighted by Crippen LogP contribution is 2.33. The third-order valence-corrected chi connectivity index (χ3v) is 7.87. The Bertz CT molecular complexity index is 2160. The lowest BCUT2D eigenvalue weighted by Gasteiger charge is -2.39. The van der Waals surface area contributed by atoms with Gasteiger partial charge in [0.15, 0.2) is 5.43 Å². The van der Waals surface area contributed by atoms with E-state index in [0.29, 0.717) is 22.1 Å². The lowest BCUT2D eigenvalue weighted by molar-refractivity contribution is -0.277. The molecule has 5 atom stereocenters. The molecule has 246 valence electrons. The first-order valence-corrected chi connectivity index (χ1v) is 14.8. The fourth-order valence-electron chi connectivity index (χ4n) is 5.31. The Labute approximate surface area is 271 Å². The van der Waals surface area contributed by atoms with Gasteiger partial charge in [0.25, 0.3) is 0 Å². The minimum atomic E-state index is -1.64. The molecule has 0 unspecified atom stereocenters. The number of para-hydroxylation sites is 1. The van der Waals surface area contributed by atoms with Crippen LogP contribution in [0.3, 0.4) is 0 Å². The van der Waals surface area contributed by atoms with E-state index in [1.54, 1.807) is 12.1 Å². The number of phenols is 2. The molecule has 0 bridgehead atoms. The number of ether oxygens (including phenoxy) is 2. The van der Waals surface area contributed by atoms with Crippen LogP contribution in [0.25, 0.3) is 44.2 Å². The van der Waals surface area contributed by atoms with Crippen LogP contribution in [0.1, 0.15) is 0 Å². The van der Waals surface area contributed by atoms with Crippen LogP contribution in [0.15, 0.2) is 122 Å². The maximum Gasteiger partial charge on any atom is 0.229 e. The van der Waals surface area contributed by atoms with Gasteiger partial charge in [0.1, 0.15) is 70.7 Å². The minimum absolute atomic E-state index is 0.00730. The van der Waals surface area contributed by atoms with Gasteiger partial charge in [0.05, 0.1) is 23.1 Å².